The number of rotatable bonds is 8. The molecule has 1 rings (SSSR count). The number of anilines is 1. The van der Waals surface area contributed by atoms with Gasteiger partial charge in [0.1, 0.15) is 0 Å². The molecule has 0 spiro atoms. The highest BCUT2D eigenvalue weighted by Gasteiger charge is 2.08. The third-order valence-corrected chi connectivity index (χ3v) is 2.85. The standard InChI is InChI=1S/C12H15BrN2O3/c1-2-3-7-18-8-6-14-12-5-4-10(15(16)17)9-11(12)13/h2,4-5,9,14H,1,3,6-8H2. The molecule has 0 saturated heterocycles. The molecule has 1 N–H and O–H groups in total. The fraction of sp³-hybridized carbons (Fsp3) is 0.333. The molecule has 0 saturated carbocycles. The lowest BCUT2D eigenvalue weighted by molar-refractivity contribution is -0.384. The van der Waals surface area contributed by atoms with Crippen molar-refractivity contribution in [3.8, 4) is 0 Å². The summed E-state index contributed by atoms with van der Waals surface area (Å²) in [6.45, 7) is 5.49. The molecule has 0 bridgehead atoms. The number of ether oxygens (including phenoxy) is 1. The molecule has 0 amide bonds. The highest BCUT2D eigenvalue weighted by Crippen LogP contribution is 2.26. The van der Waals surface area contributed by atoms with E-state index in [1.54, 1.807) is 12.1 Å². The molecule has 0 radical (unpaired) electrons. The first-order chi connectivity index (χ1) is 8.65. The number of nitrogens with zero attached hydrogens (tertiary/aromatic N) is 1. The predicted octanol–water partition coefficient (Wildman–Crippen LogP) is 3.36. The fourth-order valence-electron chi connectivity index (χ4n) is 1.29. The fourth-order valence-corrected chi connectivity index (χ4v) is 1.79. The van der Waals surface area contributed by atoms with E-state index in [0.717, 1.165) is 12.1 Å². The van der Waals surface area contributed by atoms with Crippen LogP contribution in [0, 0.1) is 10.1 Å². The van der Waals surface area contributed by atoms with Crippen LogP contribution in [0.15, 0.2) is 35.3 Å². The van der Waals surface area contributed by atoms with E-state index >= 15 is 0 Å². The molecule has 1 aromatic carbocycles. The number of hydrogen-bond donors (Lipinski definition) is 1. The van der Waals surface area contributed by atoms with Crippen LogP contribution in [0.2, 0.25) is 0 Å². The van der Waals surface area contributed by atoms with Gasteiger partial charge in [0.15, 0.2) is 0 Å². The minimum absolute atomic E-state index is 0.0645. The SMILES string of the molecule is C=CCCOCCNc1ccc([N+](=O)[O-])cc1Br. The topological polar surface area (TPSA) is 64.4 Å². The van der Waals surface area contributed by atoms with Crippen molar-refractivity contribution in [2.75, 3.05) is 25.1 Å². The van der Waals surface area contributed by atoms with Crippen LogP contribution >= 0.6 is 15.9 Å². The Morgan fingerprint density at radius 2 is 2.28 bits per heavy atom. The van der Waals surface area contributed by atoms with Crippen LogP contribution in [-0.4, -0.2) is 24.7 Å². The van der Waals surface area contributed by atoms with Crippen LogP contribution < -0.4 is 5.32 Å². The number of benzene rings is 1. The van der Waals surface area contributed by atoms with E-state index in [-0.39, 0.29) is 5.69 Å². The van der Waals surface area contributed by atoms with Crippen molar-refractivity contribution in [3.63, 3.8) is 0 Å². The highest BCUT2D eigenvalue weighted by molar-refractivity contribution is 9.10. The molecule has 5 nitrogen and oxygen atoms in total. The number of nitro benzene ring substituents is 1. The summed E-state index contributed by atoms with van der Waals surface area (Å²) < 4.78 is 6.01. The van der Waals surface area contributed by atoms with E-state index in [0.29, 0.717) is 24.2 Å². The van der Waals surface area contributed by atoms with Crippen molar-refractivity contribution in [2.45, 2.75) is 6.42 Å². The zero-order chi connectivity index (χ0) is 13.4. The van der Waals surface area contributed by atoms with E-state index in [1.807, 2.05) is 0 Å². The lowest BCUT2D eigenvalue weighted by Gasteiger charge is -2.08. The molecular formula is C12H15BrN2O3. The second-order valence-electron chi connectivity index (χ2n) is 3.54. The minimum Gasteiger partial charge on any atom is -0.382 e. The summed E-state index contributed by atoms with van der Waals surface area (Å²) >= 11 is 3.29. The monoisotopic (exact) mass is 314 g/mol. The molecule has 6 heteroatoms. The average Bonchev–Trinajstić information content (AvgIpc) is 2.35. The normalized spacial score (nSPS) is 10.1. The molecule has 0 atom stereocenters. The van der Waals surface area contributed by atoms with Crippen molar-refractivity contribution in [1.29, 1.82) is 0 Å². The van der Waals surface area contributed by atoms with Crippen LogP contribution in [0.4, 0.5) is 11.4 Å². The van der Waals surface area contributed by atoms with Gasteiger partial charge in [-0.1, -0.05) is 6.08 Å². The second kappa shape index (κ2) is 7.84. The van der Waals surface area contributed by atoms with Gasteiger partial charge in [0.05, 0.1) is 18.1 Å². The first kappa shape index (κ1) is 14.7. The molecular weight excluding hydrogens is 300 g/mol. The van der Waals surface area contributed by atoms with Crippen LogP contribution in [0.5, 0.6) is 0 Å². The number of non-ortho nitro benzene ring substituents is 1. The van der Waals surface area contributed by atoms with Gasteiger partial charge in [-0.25, -0.2) is 0 Å². The molecule has 98 valence electrons. The lowest BCUT2D eigenvalue weighted by atomic mass is 10.3. The predicted molar refractivity (Wildman–Crippen MR) is 74.9 cm³/mol. The largest absolute Gasteiger partial charge is 0.382 e. The molecule has 18 heavy (non-hydrogen) atoms. The third-order valence-electron chi connectivity index (χ3n) is 2.19. The van der Waals surface area contributed by atoms with Crippen LogP contribution in [0.3, 0.4) is 0 Å². The van der Waals surface area contributed by atoms with Gasteiger partial charge in [-0.3, -0.25) is 10.1 Å². The van der Waals surface area contributed by atoms with Gasteiger partial charge in [0.25, 0.3) is 5.69 Å². The zero-order valence-corrected chi connectivity index (χ0v) is 11.5. The third kappa shape index (κ3) is 4.85. The quantitative estimate of drug-likeness (QED) is 0.346. The summed E-state index contributed by atoms with van der Waals surface area (Å²) in [5.74, 6) is 0. The second-order valence-corrected chi connectivity index (χ2v) is 4.39. The number of nitro groups is 1. The van der Waals surface area contributed by atoms with Gasteiger partial charge in [0.2, 0.25) is 0 Å². The highest BCUT2D eigenvalue weighted by atomic mass is 79.9. The molecule has 0 aromatic heterocycles. The zero-order valence-electron chi connectivity index (χ0n) is 9.89. The van der Waals surface area contributed by atoms with E-state index in [1.165, 1.54) is 12.1 Å². The maximum absolute atomic E-state index is 10.6. The summed E-state index contributed by atoms with van der Waals surface area (Å²) in [5, 5.41) is 13.7. The Morgan fingerprint density at radius 1 is 1.50 bits per heavy atom. The molecule has 0 unspecified atom stereocenters. The summed E-state index contributed by atoms with van der Waals surface area (Å²) in [6.07, 6.45) is 2.64. The Balaban J connectivity index is 2.38. The van der Waals surface area contributed by atoms with Crippen molar-refractivity contribution in [1.82, 2.24) is 0 Å². The Labute approximate surface area is 114 Å². The first-order valence-corrected chi connectivity index (χ1v) is 6.31. The number of nitrogens with one attached hydrogen (secondary N) is 1. The van der Waals surface area contributed by atoms with Crippen LogP contribution in [-0.2, 0) is 4.74 Å². The Kier molecular flexibility index (Phi) is 6.38. The van der Waals surface area contributed by atoms with E-state index in [4.69, 9.17) is 4.74 Å². The minimum atomic E-state index is -0.424. The van der Waals surface area contributed by atoms with E-state index in [2.05, 4.69) is 27.8 Å². The Hall–Kier alpha value is -1.40. The molecule has 0 heterocycles. The van der Waals surface area contributed by atoms with Crippen LogP contribution in [0.1, 0.15) is 6.42 Å². The maximum atomic E-state index is 10.6. The smallest absolute Gasteiger partial charge is 0.270 e. The van der Waals surface area contributed by atoms with Gasteiger partial charge in [-0.2, -0.15) is 0 Å². The molecule has 0 aliphatic rings. The van der Waals surface area contributed by atoms with Gasteiger partial charge < -0.3 is 10.1 Å². The molecule has 1 aromatic rings. The lowest BCUT2D eigenvalue weighted by Crippen LogP contribution is -2.10. The van der Waals surface area contributed by atoms with Gasteiger partial charge in [-0.15, -0.1) is 6.58 Å². The van der Waals surface area contributed by atoms with Crippen LogP contribution in [0.25, 0.3) is 0 Å². The number of hydrogen-bond acceptors (Lipinski definition) is 4. The Morgan fingerprint density at radius 3 is 2.89 bits per heavy atom. The molecule has 0 aliphatic heterocycles. The summed E-state index contributed by atoms with van der Waals surface area (Å²) in [5.41, 5.74) is 0.877. The molecule has 0 aliphatic carbocycles. The Bertz CT molecular complexity index is 424. The van der Waals surface area contributed by atoms with E-state index < -0.39 is 4.92 Å². The summed E-state index contributed by atoms with van der Waals surface area (Å²) in [4.78, 5) is 10.1. The van der Waals surface area contributed by atoms with Crippen molar-refractivity contribution in [2.24, 2.45) is 0 Å². The van der Waals surface area contributed by atoms with Crippen molar-refractivity contribution >= 4 is 27.3 Å². The van der Waals surface area contributed by atoms with Crippen molar-refractivity contribution in [3.05, 3.63) is 45.4 Å². The van der Waals surface area contributed by atoms with Gasteiger partial charge >= 0.3 is 0 Å². The summed E-state index contributed by atoms with van der Waals surface area (Å²) in [6, 6.07) is 4.61. The van der Waals surface area contributed by atoms with E-state index in [9.17, 15) is 10.1 Å². The summed E-state index contributed by atoms with van der Waals surface area (Å²) in [7, 11) is 0. The average molecular weight is 315 g/mol. The maximum Gasteiger partial charge on any atom is 0.270 e. The van der Waals surface area contributed by atoms with Gasteiger partial charge in [0, 0.05) is 28.8 Å². The number of halogens is 1. The van der Waals surface area contributed by atoms with Crippen molar-refractivity contribution < 1.29 is 9.66 Å². The van der Waals surface area contributed by atoms with Gasteiger partial charge in [-0.05, 0) is 28.4 Å². The first-order valence-electron chi connectivity index (χ1n) is 5.51. The molecule has 0 fully saturated rings.